The van der Waals surface area contributed by atoms with Gasteiger partial charge in [0.25, 0.3) is 0 Å². The van der Waals surface area contributed by atoms with E-state index in [0.29, 0.717) is 0 Å². The second kappa shape index (κ2) is 8.05. The quantitative estimate of drug-likeness (QED) is 0.388. The highest BCUT2D eigenvalue weighted by Gasteiger charge is 2.08. The van der Waals surface area contributed by atoms with Crippen LogP contribution < -0.4 is 0 Å². The molecule has 0 bridgehead atoms. The van der Waals surface area contributed by atoms with E-state index in [1.54, 1.807) is 0 Å². The first-order valence-electron chi connectivity index (χ1n) is 6.08. The molecular formula is C13H28N+. The van der Waals surface area contributed by atoms with Gasteiger partial charge in [0.15, 0.2) is 0 Å². The molecule has 0 spiro atoms. The van der Waals surface area contributed by atoms with Gasteiger partial charge in [0.05, 0.1) is 26.8 Å². The molecule has 0 saturated heterocycles. The van der Waals surface area contributed by atoms with Crippen molar-refractivity contribution >= 4 is 0 Å². The Morgan fingerprint density at radius 1 is 0.929 bits per heavy atom. The minimum atomic E-state index is 0.953. The molecule has 0 saturated carbocycles. The molecule has 0 radical (unpaired) electrons. The van der Waals surface area contributed by atoms with Gasteiger partial charge in [0, 0.05) is 0 Å². The van der Waals surface area contributed by atoms with Gasteiger partial charge < -0.3 is 4.48 Å². The van der Waals surface area contributed by atoms with Crippen molar-refractivity contribution in [1.82, 2.24) is 0 Å². The summed E-state index contributed by atoms with van der Waals surface area (Å²) in [4.78, 5) is 0. The fraction of sp³-hybridized carbons (Fsp3) is 0.846. The summed E-state index contributed by atoms with van der Waals surface area (Å²) in [6, 6.07) is 0. The molecule has 0 amide bonds. The van der Waals surface area contributed by atoms with Crippen LogP contribution in [0.15, 0.2) is 12.8 Å². The minimum Gasteiger partial charge on any atom is -0.303 e. The van der Waals surface area contributed by atoms with E-state index in [9.17, 15) is 0 Å². The largest absolute Gasteiger partial charge is 0.303 e. The van der Waals surface area contributed by atoms with E-state index < -0.39 is 0 Å². The Kier molecular flexibility index (Phi) is 7.87. The lowest BCUT2D eigenvalue weighted by atomic mass is 10.1. The average Bonchev–Trinajstić information content (AvgIpc) is 2.16. The van der Waals surface area contributed by atoms with Crippen LogP contribution in [-0.4, -0.2) is 25.1 Å². The number of nitrogens with zero attached hydrogens (tertiary/aromatic N) is 1. The summed E-state index contributed by atoms with van der Waals surface area (Å²) in [6.07, 6.45) is 11.8. The first-order chi connectivity index (χ1) is 6.62. The van der Waals surface area contributed by atoms with Gasteiger partial charge in [-0.15, -0.1) is 0 Å². The zero-order valence-electron chi connectivity index (χ0n) is 10.4. The predicted octanol–water partition coefficient (Wildman–Crippen LogP) is 3.96. The Morgan fingerprint density at radius 3 is 1.93 bits per heavy atom. The van der Waals surface area contributed by atoms with Crippen LogP contribution >= 0.6 is 0 Å². The molecule has 1 heteroatoms. The van der Waals surface area contributed by atoms with Crippen LogP contribution in [-0.2, 0) is 0 Å². The molecule has 0 atom stereocenters. The Hall–Kier alpha value is -0.300. The van der Waals surface area contributed by atoms with Crippen LogP contribution in [0, 0.1) is 0 Å². The number of hydrogen-bond acceptors (Lipinski definition) is 0. The normalized spacial score (nSPS) is 11.6. The summed E-state index contributed by atoms with van der Waals surface area (Å²) in [6.45, 7) is 7.35. The third-order valence-corrected chi connectivity index (χ3v) is 2.83. The highest BCUT2D eigenvalue weighted by atomic mass is 15.3. The van der Waals surface area contributed by atoms with E-state index in [2.05, 4.69) is 27.6 Å². The van der Waals surface area contributed by atoms with Gasteiger partial charge in [-0.1, -0.05) is 39.0 Å². The summed E-state index contributed by atoms with van der Waals surface area (Å²) in [5.41, 5.74) is 0. The molecular weight excluding hydrogens is 170 g/mol. The van der Waals surface area contributed by atoms with E-state index in [1.165, 1.54) is 51.5 Å². The van der Waals surface area contributed by atoms with E-state index in [4.69, 9.17) is 0 Å². The van der Waals surface area contributed by atoms with Gasteiger partial charge in [-0.25, -0.2) is 0 Å². The Bertz CT molecular complexity index is 138. The Labute approximate surface area is 90.4 Å². The Morgan fingerprint density at radius 2 is 1.43 bits per heavy atom. The summed E-state index contributed by atoms with van der Waals surface area (Å²) >= 11 is 0. The maximum absolute atomic E-state index is 3.84. The van der Waals surface area contributed by atoms with Crippen molar-refractivity contribution in [2.45, 2.75) is 51.9 Å². The maximum atomic E-state index is 3.84. The molecule has 0 heterocycles. The fourth-order valence-corrected chi connectivity index (χ4v) is 1.57. The van der Waals surface area contributed by atoms with Gasteiger partial charge in [-0.2, -0.15) is 0 Å². The van der Waals surface area contributed by atoms with Gasteiger partial charge in [-0.05, 0) is 19.4 Å². The van der Waals surface area contributed by atoms with Crippen LogP contribution in [0.1, 0.15) is 51.9 Å². The van der Waals surface area contributed by atoms with E-state index >= 15 is 0 Å². The van der Waals surface area contributed by atoms with Crippen molar-refractivity contribution < 1.29 is 4.48 Å². The predicted molar refractivity (Wildman–Crippen MR) is 65.2 cm³/mol. The molecule has 84 valence electrons. The molecule has 0 aliphatic rings. The SMILES string of the molecule is C=C[N+](C)(C)CCCCCCCCC. The first kappa shape index (κ1) is 13.7. The molecule has 0 aliphatic heterocycles. The minimum absolute atomic E-state index is 0.953. The van der Waals surface area contributed by atoms with E-state index in [1.807, 2.05) is 6.20 Å². The summed E-state index contributed by atoms with van der Waals surface area (Å²) in [5.74, 6) is 0. The lowest BCUT2D eigenvalue weighted by Gasteiger charge is -2.24. The molecule has 0 aromatic carbocycles. The average molecular weight is 198 g/mol. The van der Waals surface area contributed by atoms with Gasteiger partial charge in [0.2, 0.25) is 0 Å². The molecule has 14 heavy (non-hydrogen) atoms. The highest BCUT2D eigenvalue weighted by molar-refractivity contribution is 4.52. The van der Waals surface area contributed by atoms with Gasteiger partial charge in [0.1, 0.15) is 0 Å². The summed E-state index contributed by atoms with van der Waals surface area (Å²) in [7, 11) is 4.42. The number of quaternary nitrogens is 1. The van der Waals surface area contributed by atoms with E-state index in [-0.39, 0.29) is 0 Å². The zero-order valence-corrected chi connectivity index (χ0v) is 10.4. The van der Waals surface area contributed by atoms with Crippen molar-refractivity contribution in [2.75, 3.05) is 20.6 Å². The molecule has 0 aliphatic carbocycles. The molecule has 0 aromatic rings. The van der Waals surface area contributed by atoms with Crippen molar-refractivity contribution in [2.24, 2.45) is 0 Å². The standard InChI is InChI=1S/C13H28N/c1-5-7-8-9-10-11-12-13-14(3,4)6-2/h6H,2,5,7-13H2,1,3-4H3/q+1. The van der Waals surface area contributed by atoms with Crippen LogP contribution in [0.25, 0.3) is 0 Å². The maximum Gasteiger partial charge on any atom is 0.0881 e. The third-order valence-electron chi connectivity index (χ3n) is 2.83. The van der Waals surface area contributed by atoms with Crippen LogP contribution in [0.3, 0.4) is 0 Å². The zero-order chi connectivity index (χ0) is 10.9. The second-order valence-corrected chi connectivity index (χ2v) is 4.81. The van der Waals surface area contributed by atoms with Crippen molar-refractivity contribution in [3.05, 3.63) is 12.8 Å². The number of hydrogen-bond donors (Lipinski definition) is 0. The van der Waals surface area contributed by atoms with Crippen molar-refractivity contribution in [3.8, 4) is 0 Å². The summed E-state index contributed by atoms with van der Waals surface area (Å²) < 4.78 is 0.953. The molecule has 0 unspecified atom stereocenters. The molecule has 0 fully saturated rings. The monoisotopic (exact) mass is 198 g/mol. The smallest absolute Gasteiger partial charge is 0.0881 e. The lowest BCUT2D eigenvalue weighted by Crippen LogP contribution is -2.33. The first-order valence-corrected chi connectivity index (χ1v) is 6.08. The molecule has 0 rings (SSSR count). The van der Waals surface area contributed by atoms with Crippen molar-refractivity contribution in [1.29, 1.82) is 0 Å². The molecule has 0 aromatic heterocycles. The third kappa shape index (κ3) is 8.31. The molecule has 1 nitrogen and oxygen atoms in total. The highest BCUT2D eigenvalue weighted by Crippen LogP contribution is 2.09. The van der Waals surface area contributed by atoms with Gasteiger partial charge >= 0.3 is 0 Å². The number of unbranched alkanes of at least 4 members (excludes halogenated alkanes) is 6. The lowest BCUT2D eigenvalue weighted by molar-refractivity contribution is -0.838. The van der Waals surface area contributed by atoms with Crippen molar-refractivity contribution in [3.63, 3.8) is 0 Å². The van der Waals surface area contributed by atoms with Gasteiger partial charge in [-0.3, -0.25) is 0 Å². The van der Waals surface area contributed by atoms with Crippen LogP contribution in [0.4, 0.5) is 0 Å². The Balaban J connectivity index is 3.17. The molecule has 0 N–H and O–H groups in total. The number of rotatable bonds is 9. The topological polar surface area (TPSA) is 0 Å². The second-order valence-electron chi connectivity index (χ2n) is 4.81. The van der Waals surface area contributed by atoms with Crippen LogP contribution in [0.5, 0.6) is 0 Å². The fourth-order valence-electron chi connectivity index (χ4n) is 1.57. The summed E-state index contributed by atoms with van der Waals surface area (Å²) in [5, 5.41) is 0. The van der Waals surface area contributed by atoms with E-state index in [0.717, 1.165) is 4.48 Å². The van der Waals surface area contributed by atoms with Crippen LogP contribution in [0.2, 0.25) is 0 Å².